The van der Waals surface area contributed by atoms with E-state index in [9.17, 15) is 14.4 Å². The highest BCUT2D eigenvalue weighted by Crippen LogP contribution is 2.30. The van der Waals surface area contributed by atoms with Crippen molar-refractivity contribution >= 4 is 17.4 Å². The Morgan fingerprint density at radius 1 is 1.00 bits per heavy atom. The van der Waals surface area contributed by atoms with E-state index >= 15 is 0 Å². The Kier molecular flexibility index (Phi) is 8.96. The van der Waals surface area contributed by atoms with Crippen LogP contribution in [0.15, 0.2) is 9.59 Å². The van der Waals surface area contributed by atoms with Gasteiger partial charge >= 0.3 is 5.69 Å². The molecular weight excluding hydrogens is 406 g/mol. The molecule has 0 radical (unpaired) electrons. The lowest BCUT2D eigenvalue weighted by Gasteiger charge is -2.34. The quantitative estimate of drug-likeness (QED) is 0.637. The molecule has 32 heavy (non-hydrogen) atoms. The van der Waals surface area contributed by atoms with Gasteiger partial charge in [0, 0.05) is 18.6 Å². The first-order chi connectivity index (χ1) is 15.4. The van der Waals surface area contributed by atoms with E-state index in [1.54, 1.807) is 4.90 Å². The molecule has 180 valence electrons. The standard InChI is InChI=1S/C24H41N5O3/c1-3-4-16-28-22(25)21(23(31)26-24(28)32)29(19-14-10-11-15-19)20(30)17-27(2)18-12-8-6-5-7-9-13-18/h18-19H,3-17,25H2,1-2H3,(H,26,31,32). The van der Waals surface area contributed by atoms with E-state index in [4.69, 9.17) is 5.73 Å². The summed E-state index contributed by atoms with van der Waals surface area (Å²) < 4.78 is 1.41. The van der Waals surface area contributed by atoms with Crippen molar-refractivity contribution in [2.75, 3.05) is 24.2 Å². The predicted molar refractivity (Wildman–Crippen MR) is 129 cm³/mol. The smallest absolute Gasteiger partial charge is 0.330 e. The molecule has 1 amide bonds. The van der Waals surface area contributed by atoms with Gasteiger partial charge in [-0.3, -0.25) is 24.0 Å². The zero-order valence-corrected chi connectivity index (χ0v) is 19.9. The molecular formula is C24H41N5O3. The van der Waals surface area contributed by atoms with Crippen LogP contribution in [0.3, 0.4) is 0 Å². The first kappa shape index (κ1) is 24.6. The monoisotopic (exact) mass is 447 g/mol. The van der Waals surface area contributed by atoms with E-state index < -0.39 is 11.2 Å². The SMILES string of the molecule is CCCCn1c(N)c(N(C(=O)CN(C)C2CCCCCCC2)C2CCCC2)c(=O)[nH]c1=O. The van der Waals surface area contributed by atoms with Crippen molar-refractivity contribution < 1.29 is 4.79 Å². The summed E-state index contributed by atoms with van der Waals surface area (Å²) >= 11 is 0. The van der Waals surface area contributed by atoms with Crippen molar-refractivity contribution in [1.29, 1.82) is 0 Å². The molecule has 0 bridgehead atoms. The van der Waals surface area contributed by atoms with E-state index in [0.29, 0.717) is 12.6 Å². The number of hydrogen-bond donors (Lipinski definition) is 2. The van der Waals surface area contributed by atoms with E-state index in [-0.39, 0.29) is 30.0 Å². The Morgan fingerprint density at radius 3 is 2.19 bits per heavy atom. The van der Waals surface area contributed by atoms with Crippen LogP contribution < -0.4 is 21.9 Å². The number of H-pyrrole nitrogens is 1. The summed E-state index contributed by atoms with van der Waals surface area (Å²) in [5.74, 6) is 0.0143. The van der Waals surface area contributed by atoms with Crippen LogP contribution in [0.1, 0.15) is 90.4 Å². The highest BCUT2D eigenvalue weighted by molar-refractivity contribution is 5.97. The number of nitrogens with one attached hydrogen (secondary N) is 1. The normalized spacial score (nSPS) is 18.6. The number of carbonyl (C=O) groups excluding carboxylic acids is 1. The van der Waals surface area contributed by atoms with Crippen molar-refractivity contribution in [3.05, 3.63) is 20.8 Å². The highest BCUT2D eigenvalue weighted by atomic mass is 16.2. The summed E-state index contributed by atoms with van der Waals surface area (Å²) in [4.78, 5) is 45.1. The van der Waals surface area contributed by atoms with Gasteiger partial charge in [0.05, 0.1) is 6.54 Å². The van der Waals surface area contributed by atoms with E-state index in [0.717, 1.165) is 51.4 Å². The third-order valence-electron chi connectivity index (χ3n) is 7.23. The fourth-order valence-electron chi connectivity index (χ4n) is 5.32. The number of carbonyl (C=O) groups is 1. The maximum Gasteiger partial charge on any atom is 0.330 e. The highest BCUT2D eigenvalue weighted by Gasteiger charge is 2.33. The molecule has 0 spiro atoms. The third-order valence-corrected chi connectivity index (χ3v) is 7.23. The second-order valence-electron chi connectivity index (χ2n) is 9.61. The Labute approximate surface area is 191 Å². The predicted octanol–water partition coefficient (Wildman–Crippen LogP) is 3.24. The fourth-order valence-corrected chi connectivity index (χ4v) is 5.32. The molecule has 8 nitrogen and oxygen atoms in total. The van der Waals surface area contributed by atoms with Gasteiger partial charge in [-0.2, -0.15) is 0 Å². The first-order valence-corrected chi connectivity index (χ1v) is 12.6. The second-order valence-corrected chi connectivity index (χ2v) is 9.61. The molecule has 2 saturated carbocycles. The van der Waals surface area contributed by atoms with Crippen LogP contribution in [0.5, 0.6) is 0 Å². The number of nitrogens with zero attached hydrogens (tertiary/aromatic N) is 3. The van der Waals surface area contributed by atoms with Crippen LogP contribution >= 0.6 is 0 Å². The summed E-state index contributed by atoms with van der Waals surface area (Å²) in [5.41, 5.74) is 5.47. The number of amides is 1. The number of nitrogens with two attached hydrogens (primary N) is 1. The number of likely N-dealkylation sites (N-methyl/N-ethyl adjacent to an activating group) is 1. The zero-order valence-electron chi connectivity index (χ0n) is 19.9. The average Bonchev–Trinajstić information content (AvgIpc) is 3.24. The number of aromatic amines is 1. The van der Waals surface area contributed by atoms with Crippen molar-refractivity contribution in [2.45, 2.75) is 109 Å². The third kappa shape index (κ3) is 5.82. The van der Waals surface area contributed by atoms with Crippen molar-refractivity contribution in [2.24, 2.45) is 0 Å². The van der Waals surface area contributed by atoms with Gasteiger partial charge in [-0.15, -0.1) is 0 Å². The number of unbranched alkanes of at least 4 members (excludes halogenated alkanes) is 1. The largest absolute Gasteiger partial charge is 0.383 e. The molecule has 0 aliphatic heterocycles. The molecule has 2 aliphatic carbocycles. The van der Waals surface area contributed by atoms with Crippen LogP contribution in [0, 0.1) is 0 Å². The summed E-state index contributed by atoms with van der Waals surface area (Å²) in [6.45, 7) is 2.72. The molecule has 3 rings (SSSR count). The molecule has 2 aliphatic rings. The van der Waals surface area contributed by atoms with Gasteiger partial charge in [0.25, 0.3) is 5.56 Å². The molecule has 1 aromatic rings. The van der Waals surface area contributed by atoms with Crippen molar-refractivity contribution in [3.8, 4) is 0 Å². The van der Waals surface area contributed by atoms with Gasteiger partial charge in [-0.05, 0) is 39.2 Å². The summed E-state index contributed by atoms with van der Waals surface area (Å²) in [7, 11) is 2.02. The van der Waals surface area contributed by atoms with Gasteiger partial charge in [-0.25, -0.2) is 4.79 Å². The lowest BCUT2D eigenvalue weighted by Crippen LogP contribution is -2.50. The molecule has 2 fully saturated rings. The lowest BCUT2D eigenvalue weighted by atomic mass is 9.96. The number of rotatable bonds is 8. The van der Waals surface area contributed by atoms with Crippen LogP contribution in [0.25, 0.3) is 0 Å². The summed E-state index contributed by atoms with van der Waals surface area (Å²) in [6.07, 6.45) is 13.9. The van der Waals surface area contributed by atoms with E-state index in [1.165, 1.54) is 36.7 Å². The summed E-state index contributed by atoms with van der Waals surface area (Å²) in [6, 6.07) is 0.340. The summed E-state index contributed by atoms with van der Waals surface area (Å²) in [5, 5.41) is 0. The van der Waals surface area contributed by atoms with E-state index in [1.807, 2.05) is 14.0 Å². The Bertz CT molecular complexity index is 863. The first-order valence-electron chi connectivity index (χ1n) is 12.6. The molecule has 8 heteroatoms. The van der Waals surface area contributed by atoms with Gasteiger partial charge in [0.15, 0.2) is 5.69 Å². The van der Waals surface area contributed by atoms with Crippen LogP contribution in [-0.2, 0) is 11.3 Å². The van der Waals surface area contributed by atoms with Crippen LogP contribution in [0.2, 0.25) is 0 Å². The molecule has 3 N–H and O–H groups in total. The van der Waals surface area contributed by atoms with Gasteiger partial charge < -0.3 is 10.6 Å². The molecule has 0 aromatic carbocycles. The minimum absolute atomic E-state index is 0.0474. The molecule has 0 atom stereocenters. The maximum atomic E-state index is 13.6. The molecule has 1 aromatic heterocycles. The van der Waals surface area contributed by atoms with Crippen molar-refractivity contribution in [1.82, 2.24) is 14.5 Å². The van der Waals surface area contributed by atoms with E-state index in [2.05, 4.69) is 9.88 Å². The van der Waals surface area contributed by atoms with Gasteiger partial charge in [0.1, 0.15) is 5.82 Å². The van der Waals surface area contributed by atoms with Crippen LogP contribution in [-0.4, -0.2) is 46.0 Å². The molecule has 0 unspecified atom stereocenters. The number of nitrogen functional groups attached to an aromatic ring is 1. The second kappa shape index (κ2) is 11.7. The zero-order chi connectivity index (χ0) is 23.1. The number of aromatic nitrogens is 2. The minimum atomic E-state index is -0.561. The number of anilines is 2. The van der Waals surface area contributed by atoms with Crippen LogP contribution in [0.4, 0.5) is 11.5 Å². The Hall–Kier alpha value is -2.09. The average molecular weight is 448 g/mol. The topological polar surface area (TPSA) is 104 Å². The van der Waals surface area contributed by atoms with Gasteiger partial charge in [-0.1, -0.05) is 58.3 Å². The Balaban J connectivity index is 1.89. The lowest BCUT2D eigenvalue weighted by molar-refractivity contribution is -0.120. The van der Waals surface area contributed by atoms with Gasteiger partial charge in [0.2, 0.25) is 5.91 Å². The number of hydrogen-bond acceptors (Lipinski definition) is 5. The molecule has 1 heterocycles. The minimum Gasteiger partial charge on any atom is -0.383 e. The molecule has 0 saturated heterocycles. The Morgan fingerprint density at radius 2 is 1.56 bits per heavy atom. The van der Waals surface area contributed by atoms with Crippen molar-refractivity contribution in [3.63, 3.8) is 0 Å². The fraction of sp³-hybridized carbons (Fsp3) is 0.792. The maximum absolute atomic E-state index is 13.6.